The van der Waals surface area contributed by atoms with Gasteiger partial charge in [-0.15, -0.1) is 0 Å². The topological polar surface area (TPSA) is 84.2 Å². The molecule has 0 atom stereocenters. The molecule has 0 fully saturated rings. The van der Waals surface area contributed by atoms with Gasteiger partial charge in [-0.3, -0.25) is 5.10 Å². The Morgan fingerprint density at radius 3 is 2.71 bits per heavy atom. The summed E-state index contributed by atoms with van der Waals surface area (Å²) in [6.45, 7) is 1.77. The number of aromatic hydroxyl groups is 1. The SMILES string of the molecule is COc1c(C)c(Cl)cc(-c2cn[nH]c2N)c1O. The maximum atomic E-state index is 10.1. The van der Waals surface area contributed by atoms with Crippen LogP contribution < -0.4 is 10.5 Å². The fraction of sp³-hybridized carbons (Fsp3) is 0.182. The van der Waals surface area contributed by atoms with E-state index in [9.17, 15) is 5.11 Å². The van der Waals surface area contributed by atoms with Gasteiger partial charge < -0.3 is 15.6 Å². The number of hydrogen-bond acceptors (Lipinski definition) is 4. The summed E-state index contributed by atoms with van der Waals surface area (Å²) >= 11 is 6.08. The van der Waals surface area contributed by atoms with Crippen LogP contribution in [-0.4, -0.2) is 22.4 Å². The smallest absolute Gasteiger partial charge is 0.166 e. The van der Waals surface area contributed by atoms with E-state index in [1.54, 1.807) is 13.0 Å². The van der Waals surface area contributed by atoms with E-state index in [-0.39, 0.29) is 5.75 Å². The number of benzene rings is 1. The van der Waals surface area contributed by atoms with E-state index in [2.05, 4.69) is 10.2 Å². The Hall–Kier alpha value is -1.88. The minimum absolute atomic E-state index is 0.00231. The second kappa shape index (κ2) is 4.18. The normalized spacial score (nSPS) is 10.5. The first kappa shape index (κ1) is 11.6. The van der Waals surface area contributed by atoms with Gasteiger partial charge in [-0.05, 0) is 13.0 Å². The first-order chi connectivity index (χ1) is 8.06. The Kier molecular flexibility index (Phi) is 2.85. The predicted octanol–water partition coefficient (Wildman–Crippen LogP) is 2.33. The van der Waals surface area contributed by atoms with Crippen molar-refractivity contribution in [2.24, 2.45) is 0 Å². The number of H-pyrrole nitrogens is 1. The number of hydrogen-bond donors (Lipinski definition) is 3. The Bertz CT molecular complexity index is 566. The van der Waals surface area contributed by atoms with Crippen molar-refractivity contribution in [1.82, 2.24) is 10.2 Å². The molecule has 0 amide bonds. The second-order valence-corrected chi connectivity index (χ2v) is 4.02. The quantitative estimate of drug-likeness (QED) is 0.767. The van der Waals surface area contributed by atoms with Crippen molar-refractivity contribution in [2.45, 2.75) is 6.92 Å². The molecule has 4 N–H and O–H groups in total. The lowest BCUT2D eigenvalue weighted by Gasteiger charge is -2.12. The van der Waals surface area contributed by atoms with Crippen LogP contribution in [0.4, 0.5) is 5.82 Å². The molecule has 0 unspecified atom stereocenters. The van der Waals surface area contributed by atoms with Crippen molar-refractivity contribution in [2.75, 3.05) is 12.8 Å². The number of ether oxygens (including phenoxy) is 1. The highest BCUT2D eigenvalue weighted by atomic mass is 35.5. The average molecular weight is 254 g/mol. The lowest BCUT2D eigenvalue weighted by molar-refractivity contribution is 0.372. The van der Waals surface area contributed by atoms with Gasteiger partial charge in [0, 0.05) is 21.7 Å². The van der Waals surface area contributed by atoms with Gasteiger partial charge in [0.2, 0.25) is 0 Å². The molecule has 5 nitrogen and oxygen atoms in total. The number of phenolic OH excluding ortho intramolecular Hbond substituents is 1. The van der Waals surface area contributed by atoms with Crippen LogP contribution in [0, 0.1) is 6.92 Å². The minimum atomic E-state index is 0.00231. The van der Waals surface area contributed by atoms with Crippen LogP contribution in [0.25, 0.3) is 11.1 Å². The second-order valence-electron chi connectivity index (χ2n) is 3.61. The Labute approximate surface area is 103 Å². The first-order valence-corrected chi connectivity index (χ1v) is 5.29. The Morgan fingerprint density at radius 2 is 2.18 bits per heavy atom. The number of anilines is 1. The number of nitrogens with two attached hydrogens (primary N) is 1. The summed E-state index contributed by atoms with van der Waals surface area (Å²) < 4.78 is 5.13. The number of phenols is 1. The predicted molar refractivity (Wildman–Crippen MR) is 66.4 cm³/mol. The molecule has 0 saturated carbocycles. The monoisotopic (exact) mass is 253 g/mol. The van der Waals surface area contributed by atoms with Gasteiger partial charge in [-0.1, -0.05) is 11.6 Å². The van der Waals surface area contributed by atoms with Crippen LogP contribution in [0.3, 0.4) is 0 Å². The first-order valence-electron chi connectivity index (χ1n) is 4.91. The summed E-state index contributed by atoms with van der Waals surface area (Å²) in [5.41, 5.74) is 7.46. The lowest BCUT2D eigenvalue weighted by atomic mass is 10.0. The standard InChI is InChI=1S/C11H12ClN3O2/c1-5-8(12)3-6(9(16)10(5)17-2)7-4-14-15-11(7)13/h3-4,16H,1-2H3,(H3,13,14,15). The van der Waals surface area contributed by atoms with Gasteiger partial charge >= 0.3 is 0 Å². The van der Waals surface area contributed by atoms with E-state index >= 15 is 0 Å². The summed E-state index contributed by atoms with van der Waals surface area (Å²) in [7, 11) is 1.47. The van der Waals surface area contributed by atoms with Crippen molar-refractivity contribution >= 4 is 17.4 Å². The van der Waals surface area contributed by atoms with Crippen molar-refractivity contribution in [3.05, 3.63) is 22.8 Å². The lowest BCUT2D eigenvalue weighted by Crippen LogP contribution is -1.93. The molecule has 0 spiro atoms. The van der Waals surface area contributed by atoms with Gasteiger partial charge in [-0.2, -0.15) is 5.10 Å². The third-order valence-electron chi connectivity index (χ3n) is 2.60. The molecular formula is C11H12ClN3O2. The molecule has 0 bridgehead atoms. The maximum absolute atomic E-state index is 10.1. The molecule has 0 aliphatic heterocycles. The molecule has 2 aromatic rings. The number of nitrogen functional groups attached to an aromatic ring is 1. The van der Waals surface area contributed by atoms with Crippen molar-refractivity contribution in [1.29, 1.82) is 0 Å². The fourth-order valence-corrected chi connectivity index (χ4v) is 1.87. The van der Waals surface area contributed by atoms with Crippen LogP contribution in [0.5, 0.6) is 11.5 Å². The molecular weight excluding hydrogens is 242 g/mol. The molecule has 1 heterocycles. The molecule has 2 rings (SSSR count). The zero-order valence-corrected chi connectivity index (χ0v) is 10.2. The Morgan fingerprint density at radius 1 is 1.47 bits per heavy atom. The molecule has 17 heavy (non-hydrogen) atoms. The van der Waals surface area contributed by atoms with E-state index < -0.39 is 0 Å². The van der Waals surface area contributed by atoms with Gasteiger partial charge in [0.15, 0.2) is 11.5 Å². The Balaban J connectivity index is 2.72. The van der Waals surface area contributed by atoms with Crippen molar-refractivity contribution in [3.63, 3.8) is 0 Å². The number of nitrogens with one attached hydrogen (secondary N) is 1. The zero-order chi connectivity index (χ0) is 12.6. The summed E-state index contributed by atoms with van der Waals surface area (Å²) in [5, 5.41) is 17.0. The van der Waals surface area contributed by atoms with Gasteiger partial charge in [0.25, 0.3) is 0 Å². The number of rotatable bonds is 2. The van der Waals surface area contributed by atoms with E-state index in [4.69, 9.17) is 22.1 Å². The summed E-state index contributed by atoms with van der Waals surface area (Å²) in [6, 6.07) is 1.63. The number of aromatic amines is 1. The molecule has 90 valence electrons. The molecule has 0 aliphatic rings. The average Bonchev–Trinajstić information content (AvgIpc) is 2.71. The highest BCUT2D eigenvalue weighted by molar-refractivity contribution is 6.32. The molecule has 6 heteroatoms. The largest absolute Gasteiger partial charge is 0.504 e. The van der Waals surface area contributed by atoms with Crippen molar-refractivity contribution < 1.29 is 9.84 Å². The summed E-state index contributed by atoms with van der Waals surface area (Å²) in [5.74, 6) is 0.706. The molecule has 0 aliphatic carbocycles. The minimum Gasteiger partial charge on any atom is -0.504 e. The molecule has 1 aromatic heterocycles. The van der Waals surface area contributed by atoms with E-state index in [0.717, 1.165) is 0 Å². The highest BCUT2D eigenvalue weighted by Gasteiger charge is 2.18. The third-order valence-corrected chi connectivity index (χ3v) is 3.00. The molecule has 0 saturated heterocycles. The van der Waals surface area contributed by atoms with Gasteiger partial charge in [0.05, 0.1) is 13.3 Å². The van der Waals surface area contributed by atoms with Crippen LogP contribution in [0.1, 0.15) is 5.56 Å². The number of aromatic nitrogens is 2. The summed E-state index contributed by atoms with van der Waals surface area (Å²) in [6.07, 6.45) is 1.52. The van der Waals surface area contributed by atoms with Crippen LogP contribution >= 0.6 is 11.6 Å². The summed E-state index contributed by atoms with van der Waals surface area (Å²) in [4.78, 5) is 0. The van der Waals surface area contributed by atoms with Crippen molar-refractivity contribution in [3.8, 4) is 22.6 Å². The third kappa shape index (κ3) is 1.78. The highest BCUT2D eigenvalue weighted by Crippen LogP contribution is 2.43. The van der Waals surface area contributed by atoms with Gasteiger partial charge in [0.1, 0.15) is 5.82 Å². The van der Waals surface area contributed by atoms with E-state index in [0.29, 0.717) is 33.3 Å². The molecule has 1 aromatic carbocycles. The van der Waals surface area contributed by atoms with E-state index in [1.807, 2.05) is 0 Å². The van der Waals surface area contributed by atoms with Crippen LogP contribution in [0.15, 0.2) is 12.3 Å². The van der Waals surface area contributed by atoms with Gasteiger partial charge in [-0.25, -0.2) is 0 Å². The van der Waals surface area contributed by atoms with Crippen LogP contribution in [-0.2, 0) is 0 Å². The van der Waals surface area contributed by atoms with Crippen LogP contribution in [0.2, 0.25) is 5.02 Å². The molecule has 0 radical (unpaired) electrons. The zero-order valence-electron chi connectivity index (χ0n) is 9.41. The fourth-order valence-electron chi connectivity index (χ4n) is 1.68. The number of nitrogens with zero attached hydrogens (tertiary/aromatic N) is 1. The number of methoxy groups -OCH3 is 1. The van der Waals surface area contributed by atoms with E-state index in [1.165, 1.54) is 13.3 Å². The number of halogens is 1. The maximum Gasteiger partial charge on any atom is 0.166 e.